The molecule has 0 bridgehead atoms. The molecule has 4 amide bonds. The van der Waals surface area contributed by atoms with Crippen molar-refractivity contribution in [2.24, 2.45) is 11.8 Å². The Labute approximate surface area is 358 Å². The highest BCUT2D eigenvalue weighted by molar-refractivity contribution is 5.88. The molecule has 0 radical (unpaired) electrons. The van der Waals surface area contributed by atoms with Crippen molar-refractivity contribution in [3.63, 3.8) is 0 Å². The predicted molar refractivity (Wildman–Crippen MR) is 231 cm³/mol. The summed E-state index contributed by atoms with van der Waals surface area (Å²) in [7, 11) is 2.61. The Morgan fingerprint density at radius 3 is 1.75 bits per heavy atom. The number of rotatable bonds is 11. The van der Waals surface area contributed by atoms with E-state index in [9.17, 15) is 19.2 Å². The van der Waals surface area contributed by atoms with E-state index in [0.29, 0.717) is 13.1 Å². The minimum absolute atomic E-state index is 0.102. The van der Waals surface area contributed by atoms with Crippen LogP contribution in [0.15, 0.2) is 36.7 Å². The fourth-order valence-electron chi connectivity index (χ4n) is 10.4. The van der Waals surface area contributed by atoms with E-state index in [2.05, 4.69) is 51.8 Å². The van der Waals surface area contributed by atoms with Crippen molar-refractivity contribution < 1.29 is 28.7 Å². The second-order valence-corrected chi connectivity index (χ2v) is 18.0. The largest absolute Gasteiger partial charge is 0.453 e. The maximum absolute atomic E-state index is 14.0. The van der Waals surface area contributed by atoms with E-state index in [1.165, 1.54) is 47.6 Å². The first-order valence-electron chi connectivity index (χ1n) is 22.1. The number of hydrogen-bond acceptors (Lipinski definition) is 8. The van der Waals surface area contributed by atoms with E-state index >= 15 is 0 Å². The normalized spacial score (nSPS) is 20.5. The number of ether oxygens (including phenoxy) is 2. The summed E-state index contributed by atoms with van der Waals surface area (Å²) < 4.78 is 9.64. The first kappa shape index (κ1) is 42.0. The van der Waals surface area contributed by atoms with Gasteiger partial charge in [0.05, 0.1) is 49.6 Å². The molecule has 0 spiro atoms. The molecule has 2 aromatic heterocycles. The molecular formula is C47H60N8O6. The van der Waals surface area contributed by atoms with Crippen molar-refractivity contribution in [2.75, 3.05) is 27.3 Å². The average Bonchev–Trinajstić information content (AvgIpc) is 4.10. The Hall–Kier alpha value is -5.66. The van der Waals surface area contributed by atoms with Gasteiger partial charge >= 0.3 is 12.2 Å². The van der Waals surface area contributed by atoms with Crippen molar-refractivity contribution in [1.29, 1.82) is 0 Å². The maximum atomic E-state index is 14.0. The van der Waals surface area contributed by atoms with Gasteiger partial charge in [-0.2, -0.15) is 0 Å². The van der Waals surface area contributed by atoms with Gasteiger partial charge in [-0.15, -0.1) is 0 Å². The number of nitrogens with zero attached hydrogens (tertiary/aromatic N) is 4. The molecule has 4 N–H and O–H groups in total. The Bertz CT molecular complexity index is 2330. The molecule has 0 saturated carbocycles. The molecule has 4 atom stereocenters. The topological polar surface area (TPSA) is 175 Å². The van der Waals surface area contributed by atoms with E-state index in [4.69, 9.17) is 19.4 Å². The Morgan fingerprint density at radius 1 is 0.689 bits per heavy atom. The SMILES string of the molecule is COC(=O)N[C@H](C(=O)N1CCC[C@H]1c1ncc(-c2ccc(-c3ccc(-c4cnc([C@]5(C)CCCN5C(=O)[C@@H](NC(=O)OC)C(C)C)[nH]4)c4c3CCC4)c3c2CCC3)[nH]1)C(C)C. The van der Waals surface area contributed by atoms with Crippen molar-refractivity contribution in [3.05, 3.63) is 70.6 Å². The molecule has 2 aliphatic heterocycles. The quantitative estimate of drug-likeness (QED) is 0.121. The van der Waals surface area contributed by atoms with Gasteiger partial charge in [0.1, 0.15) is 23.7 Å². The van der Waals surface area contributed by atoms with Gasteiger partial charge in [-0.05, 0) is 116 Å². The standard InChI is InChI=1S/C47H60N8O6/c1-26(2)39(52-45(58)60-6)42(56)54-22-10-16-38(54)41-48-24-36(50-41)34-19-17-32(28-12-8-14-30(28)34)33-18-20-35(31-15-9-13-29(31)33)37-25-49-44(51-37)47(5)21-11-23-55(47)43(57)40(27(3)4)53-46(59)61-7/h17-20,24-27,38-40H,8-16,21-23H2,1-7H3,(H,48,50)(H,49,51)(H,52,58)(H,53,59)/t38-,39-,40-,47-/m0/s1. The predicted octanol–water partition coefficient (Wildman–Crippen LogP) is 7.37. The first-order valence-corrected chi connectivity index (χ1v) is 22.1. The number of imidazole rings is 2. The van der Waals surface area contributed by atoms with Gasteiger partial charge in [0.2, 0.25) is 11.8 Å². The second kappa shape index (κ2) is 17.0. The molecule has 4 heterocycles. The van der Waals surface area contributed by atoms with E-state index < -0.39 is 29.8 Å². The summed E-state index contributed by atoms with van der Waals surface area (Å²) in [6.07, 6.45) is 12.0. The third kappa shape index (κ3) is 7.67. The fourth-order valence-corrected chi connectivity index (χ4v) is 10.4. The van der Waals surface area contributed by atoms with E-state index in [-0.39, 0.29) is 29.7 Å². The first-order chi connectivity index (χ1) is 29.3. The summed E-state index contributed by atoms with van der Waals surface area (Å²) >= 11 is 0. The zero-order valence-electron chi connectivity index (χ0n) is 36.6. The lowest BCUT2D eigenvalue weighted by Crippen LogP contribution is -2.55. The smallest absolute Gasteiger partial charge is 0.407 e. The van der Waals surface area contributed by atoms with Crippen LogP contribution in [0, 0.1) is 11.8 Å². The number of aromatic amines is 2. The zero-order valence-corrected chi connectivity index (χ0v) is 36.6. The zero-order chi connectivity index (χ0) is 43.2. The number of alkyl carbamates (subject to hydrolysis) is 2. The number of aromatic nitrogens is 4. The minimum atomic E-state index is -0.704. The van der Waals surface area contributed by atoms with Crippen LogP contribution in [-0.2, 0) is 50.3 Å². The van der Waals surface area contributed by atoms with Gasteiger partial charge in [-0.25, -0.2) is 19.6 Å². The number of fused-ring (bicyclic) bond motifs is 2. The Morgan fingerprint density at radius 2 is 1.20 bits per heavy atom. The maximum Gasteiger partial charge on any atom is 0.407 e. The van der Waals surface area contributed by atoms with Gasteiger partial charge in [0.15, 0.2) is 0 Å². The number of likely N-dealkylation sites (tertiary alicyclic amines) is 2. The molecule has 2 fully saturated rings. The van der Waals surface area contributed by atoms with Crippen LogP contribution >= 0.6 is 0 Å². The summed E-state index contributed by atoms with van der Waals surface area (Å²) in [5.74, 6) is 1.05. The molecule has 14 heteroatoms. The minimum Gasteiger partial charge on any atom is -0.453 e. The van der Waals surface area contributed by atoms with Gasteiger partial charge in [0, 0.05) is 24.2 Å². The van der Waals surface area contributed by atoms with Crippen LogP contribution in [0.25, 0.3) is 33.6 Å². The van der Waals surface area contributed by atoms with Crippen molar-refractivity contribution in [1.82, 2.24) is 40.4 Å². The highest BCUT2D eigenvalue weighted by Crippen LogP contribution is 2.45. The molecule has 2 saturated heterocycles. The Kier molecular flexibility index (Phi) is 11.7. The summed E-state index contributed by atoms with van der Waals surface area (Å²) in [6.45, 7) is 11.0. The molecule has 4 aliphatic rings. The number of H-pyrrole nitrogens is 2. The van der Waals surface area contributed by atoms with E-state index in [0.717, 1.165) is 98.4 Å². The van der Waals surface area contributed by atoms with E-state index in [1.54, 1.807) is 0 Å². The number of nitrogens with one attached hydrogen (secondary N) is 4. The molecule has 4 aromatic rings. The van der Waals surface area contributed by atoms with Crippen LogP contribution in [-0.4, -0.2) is 93.1 Å². The number of hydrogen-bond donors (Lipinski definition) is 4. The van der Waals surface area contributed by atoms with Crippen LogP contribution < -0.4 is 10.6 Å². The fraction of sp³-hybridized carbons (Fsp3) is 0.532. The molecule has 14 nitrogen and oxygen atoms in total. The van der Waals surface area contributed by atoms with Gasteiger partial charge in [-0.3, -0.25) is 9.59 Å². The number of carbonyl (C=O) groups excluding carboxylic acids is 4. The molecule has 8 rings (SSSR count). The van der Waals surface area contributed by atoms with Crippen LogP contribution in [0.4, 0.5) is 9.59 Å². The lowest BCUT2D eigenvalue weighted by Gasteiger charge is -2.37. The summed E-state index contributed by atoms with van der Waals surface area (Å²) in [5.41, 5.74) is 11.7. The number of benzene rings is 2. The van der Waals surface area contributed by atoms with Crippen molar-refractivity contribution >= 4 is 24.0 Å². The monoisotopic (exact) mass is 832 g/mol. The summed E-state index contributed by atoms with van der Waals surface area (Å²) in [5, 5.41) is 5.49. The summed E-state index contributed by atoms with van der Waals surface area (Å²) in [6, 6.07) is 7.45. The molecule has 0 unspecified atom stereocenters. The lowest BCUT2D eigenvalue weighted by atomic mass is 9.87. The van der Waals surface area contributed by atoms with Crippen LogP contribution in [0.3, 0.4) is 0 Å². The molecule has 2 aliphatic carbocycles. The highest BCUT2D eigenvalue weighted by Gasteiger charge is 2.46. The third-order valence-electron chi connectivity index (χ3n) is 13.7. The van der Waals surface area contributed by atoms with Gasteiger partial charge in [0.25, 0.3) is 0 Å². The van der Waals surface area contributed by atoms with Crippen molar-refractivity contribution in [2.45, 2.75) is 122 Å². The van der Waals surface area contributed by atoms with Crippen molar-refractivity contribution in [3.8, 4) is 33.6 Å². The molecule has 2 aromatic carbocycles. The number of methoxy groups -OCH3 is 2. The van der Waals surface area contributed by atoms with Gasteiger partial charge < -0.3 is 39.9 Å². The summed E-state index contributed by atoms with van der Waals surface area (Å²) in [4.78, 5) is 72.7. The average molecular weight is 833 g/mol. The van der Waals surface area contributed by atoms with Gasteiger partial charge in [-0.1, -0.05) is 52.0 Å². The lowest BCUT2D eigenvalue weighted by molar-refractivity contribution is -0.138. The second-order valence-electron chi connectivity index (χ2n) is 18.0. The highest BCUT2D eigenvalue weighted by atomic mass is 16.5. The number of amides is 4. The van der Waals surface area contributed by atoms with Crippen LogP contribution in [0.5, 0.6) is 0 Å². The number of carbonyl (C=O) groups is 4. The molecule has 324 valence electrons. The molecule has 61 heavy (non-hydrogen) atoms. The Balaban J connectivity index is 1.05. The van der Waals surface area contributed by atoms with Crippen LogP contribution in [0.1, 0.15) is 113 Å². The van der Waals surface area contributed by atoms with Crippen LogP contribution in [0.2, 0.25) is 0 Å². The third-order valence-corrected chi connectivity index (χ3v) is 13.7. The molecular weight excluding hydrogens is 773 g/mol. The van der Waals surface area contributed by atoms with E-state index in [1.807, 2.05) is 49.9 Å².